The number of aliphatic carboxylic acids is 1. The number of H-pyrrole nitrogens is 1. The molecule has 0 spiro atoms. The predicted molar refractivity (Wildman–Crippen MR) is 126 cm³/mol. The summed E-state index contributed by atoms with van der Waals surface area (Å²) >= 11 is 0. The maximum Gasteiger partial charge on any atom is 0.306 e. The van der Waals surface area contributed by atoms with Crippen molar-refractivity contribution < 1.29 is 23.4 Å². The molecule has 34 heavy (non-hydrogen) atoms. The molecule has 0 bridgehead atoms. The summed E-state index contributed by atoms with van der Waals surface area (Å²) in [5.74, 6) is -2.12. The molecule has 2 N–H and O–H groups in total. The molecule has 0 amide bonds. The summed E-state index contributed by atoms with van der Waals surface area (Å²) < 4.78 is 37.8. The van der Waals surface area contributed by atoms with Crippen LogP contribution >= 0.6 is 0 Å². The van der Waals surface area contributed by atoms with Crippen LogP contribution in [0.2, 0.25) is 0 Å². The second kappa shape index (κ2) is 7.91. The van der Waals surface area contributed by atoms with Gasteiger partial charge in [-0.15, -0.1) is 0 Å². The number of carboxylic acid groups (broad SMARTS) is 1. The number of nitrogens with one attached hydrogen (secondary N) is 1. The van der Waals surface area contributed by atoms with Crippen LogP contribution in [-0.2, 0) is 14.9 Å². The lowest BCUT2D eigenvalue weighted by atomic mass is 9.68. The quantitative estimate of drug-likeness (QED) is 0.387. The number of rotatable bonds is 6. The van der Waals surface area contributed by atoms with E-state index in [0.717, 1.165) is 11.3 Å². The zero-order valence-corrected chi connectivity index (χ0v) is 19.6. The Morgan fingerprint density at radius 3 is 2.68 bits per heavy atom. The van der Waals surface area contributed by atoms with Crippen molar-refractivity contribution in [1.29, 1.82) is 0 Å². The van der Waals surface area contributed by atoms with E-state index in [2.05, 4.69) is 10.2 Å². The van der Waals surface area contributed by atoms with Crippen LogP contribution in [0.3, 0.4) is 0 Å². The zero-order valence-electron chi connectivity index (χ0n) is 19.6. The predicted octanol–water partition coefficient (Wildman–Crippen LogP) is 5.60. The second-order valence-electron chi connectivity index (χ2n) is 9.97. The van der Waals surface area contributed by atoms with E-state index in [9.17, 15) is 14.3 Å². The summed E-state index contributed by atoms with van der Waals surface area (Å²) in [5.41, 5.74) is 3.26. The molecule has 2 heterocycles. The number of nitrogens with zero attached hydrogens (tertiary/aromatic N) is 2. The zero-order chi connectivity index (χ0) is 24.4. The summed E-state index contributed by atoms with van der Waals surface area (Å²) in [6.07, 6.45) is 2.45. The lowest BCUT2D eigenvalue weighted by Crippen LogP contribution is -2.33. The van der Waals surface area contributed by atoms with Gasteiger partial charge in [-0.05, 0) is 61.1 Å². The highest BCUT2D eigenvalue weighted by molar-refractivity contribution is 6.00. The first-order chi connectivity index (χ1) is 16.1. The Balaban J connectivity index is 1.90. The van der Waals surface area contributed by atoms with Crippen molar-refractivity contribution in [2.45, 2.75) is 44.9 Å². The highest BCUT2D eigenvalue weighted by Gasteiger charge is 2.42. The van der Waals surface area contributed by atoms with Crippen molar-refractivity contribution in [2.75, 3.05) is 13.7 Å². The molecule has 0 unspecified atom stereocenters. The highest BCUT2D eigenvalue weighted by atomic mass is 19.1. The summed E-state index contributed by atoms with van der Waals surface area (Å²) in [4.78, 5) is 11.6. The Bertz CT molecular complexity index is 1430. The molecule has 8 heteroatoms. The van der Waals surface area contributed by atoms with E-state index in [-0.39, 0.29) is 11.7 Å². The SMILES string of the molecule is COCC(C)(C)c1c([C@H]2C[C@H](C(=O)O)C2)c2c(F)c3[nH]ncc3cc2n1-c1ccc(F)c(C)c1. The minimum absolute atomic E-state index is 0.118. The molecule has 1 fully saturated rings. The summed E-state index contributed by atoms with van der Waals surface area (Å²) in [6, 6.07) is 6.75. The van der Waals surface area contributed by atoms with Gasteiger partial charge < -0.3 is 14.4 Å². The van der Waals surface area contributed by atoms with E-state index in [1.54, 1.807) is 32.4 Å². The monoisotopic (exact) mass is 467 g/mol. The number of aromatic amines is 1. The number of benzene rings is 2. The Hall–Kier alpha value is -3.26. The molecule has 1 aliphatic carbocycles. The van der Waals surface area contributed by atoms with E-state index in [1.165, 1.54) is 6.07 Å². The first-order valence-electron chi connectivity index (χ1n) is 11.3. The van der Waals surface area contributed by atoms with Crippen molar-refractivity contribution in [3.8, 4) is 5.69 Å². The third kappa shape index (κ3) is 3.31. The van der Waals surface area contributed by atoms with Crippen molar-refractivity contribution >= 4 is 27.8 Å². The Kier molecular flexibility index (Phi) is 5.24. The molecule has 6 nitrogen and oxygen atoms in total. The standard InChI is InChI=1S/C26H27F2N3O3/c1-13-7-17(5-6-18(13)27)31-19-10-16-11-29-30-23(16)22(28)21(19)20(14-8-15(9-14)25(32)33)24(31)26(2,3)12-34-4/h5-7,10-11,14-15H,8-9,12H2,1-4H3,(H,29,30)(H,32,33)/t14-,15-. The molecule has 2 aromatic carbocycles. The van der Waals surface area contributed by atoms with Crippen molar-refractivity contribution in [1.82, 2.24) is 14.8 Å². The minimum atomic E-state index is -0.830. The summed E-state index contributed by atoms with van der Waals surface area (Å²) in [5, 5.41) is 17.3. The number of hydrogen-bond acceptors (Lipinski definition) is 3. The van der Waals surface area contributed by atoms with Crippen LogP contribution in [0.25, 0.3) is 27.5 Å². The van der Waals surface area contributed by atoms with Crippen LogP contribution in [0.15, 0.2) is 30.5 Å². The van der Waals surface area contributed by atoms with Crippen LogP contribution in [0.5, 0.6) is 0 Å². The van der Waals surface area contributed by atoms with Gasteiger partial charge in [-0.25, -0.2) is 8.78 Å². The van der Waals surface area contributed by atoms with Gasteiger partial charge in [0.05, 0.1) is 24.2 Å². The van der Waals surface area contributed by atoms with Gasteiger partial charge >= 0.3 is 5.97 Å². The molecular weight excluding hydrogens is 440 g/mol. The molecule has 0 aliphatic heterocycles. The smallest absolute Gasteiger partial charge is 0.306 e. The van der Waals surface area contributed by atoms with Crippen LogP contribution in [0, 0.1) is 24.5 Å². The number of methoxy groups -OCH3 is 1. The number of fused-ring (bicyclic) bond motifs is 2. The van der Waals surface area contributed by atoms with E-state index in [4.69, 9.17) is 4.74 Å². The summed E-state index contributed by atoms with van der Waals surface area (Å²) in [6.45, 7) is 6.12. The average Bonchev–Trinajstić information content (AvgIpc) is 3.33. The summed E-state index contributed by atoms with van der Waals surface area (Å²) in [7, 11) is 1.62. The third-order valence-corrected chi connectivity index (χ3v) is 7.09. The van der Waals surface area contributed by atoms with Gasteiger partial charge in [0, 0.05) is 34.7 Å². The van der Waals surface area contributed by atoms with Crippen LogP contribution in [0.1, 0.15) is 49.4 Å². The number of ether oxygens (including phenoxy) is 1. The van der Waals surface area contributed by atoms with Gasteiger partial charge in [-0.1, -0.05) is 13.8 Å². The van der Waals surface area contributed by atoms with Gasteiger partial charge in [0.1, 0.15) is 11.3 Å². The number of carbonyl (C=O) groups is 1. The van der Waals surface area contributed by atoms with Gasteiger partial charge in [-0.2, -0.15) is 5.10 Å². The van der Waals surface area contributed by atoms with Gasteiger partial charge in [0.2, 0.25) is 0 Å². The van der Waals surface area contributed by atoms with Gasteiger partial charge in [0.25, 0.3) is 0 Å². The van der Waals surface area contributed by atoms with Crippen molar-refractivity contribution in [3.63, 3.8) is 0 Å². The van der Waals surface area contributed by atoms with Gasteiger partial charge in [-0.3, -0.25) is 9.89 Å². The Labute approximate surface area is 195 Å². The topological polar surface area (TPSA) is 80.1 Å². The Morgan fingerprint density at radius 1 is 1.29 bits per heavy atom. The van der Waals surface area contributed by atoms with Crippen molar-refractivity contribution in [2.24, 2.45) is 5.92 Å². The molecule has 4 aromatic rings. The fourth-order valence-electron chi connectivity index (χ4n) is 5.41. The molecular formula is C26H27F2N3O3. The molecule has 2 aromatic heterocycles. The van der Waals surface area contributed by atoms with Crippen LogP contribution in [0.4, 0.5) is 8.78 Å². The average molecular weight is 468 g/mol. The second-order valence-corrected chi connectivity index (χ2v) is 9.97. The maximum absolute atomic E-state index is 16.1. The first-order valence-corrected chi connectivity index (χ1v) is 11.3. The molecule has 0 saturated heterocycles. The van der Waals surface area contributed by atoms with Crippen molar-refractivity contribution in [3.05, 3.63) is 58.9 Å². The van der Waals surface area contributed by atoms with Crippen LogP contribution in [-0.4, -0.2) is 39.6 Å². The lowest BCUT2D eigenvalue weighted by molar-refractivity contribution is -0.145. The lowest BCUT2D eigenvalue weighted by Gasteiger charge is -2.36. The minimum Gasteiger partial charge on any atom is -0.481 e. The third-order valence-electron chi connectivity index (χ3n) is 7.09. The van der Waals surface area contributed by atoms with Crippen LogP contribution < -0.4 is 0 Å². The number of halogens is 2. The van der Waals surface area contributed by atoms with E-state index >= 15 is 4.39 Å². The molecule has 5 rings (SSSR count). The largest absolute Gasteiger partial charge is 0.481 e. The van der Waals surface area contributed by atoms with Gasteiger partial charge in [0.15, 0.2) is 5.82 Å². The number of carboxylic acids is 1. The molecule has 1 aliphatic rings. The number of hydrogen-bond donors (Lipinski definition) is 2. The molecule has 0 radical (unpaired) electrons. The number of aryl methyl sites for hydroxylation is 1. The van der Waals surface area contributed by atoms with E-state index in [1.807, 2.05) is 24.5 Å². The number of aromatic nitrogens is 3. The van der Waals surface area contributed by atoms with E-state index in [0.29, 0.717) is 52.5 Å². The fraction of sp³-hybridized carbons (Fsp3) is 0.385. The maximum atomic E-state index is 16.1. The Morgan fingerprint density at radius 2 is 2.03 bits per heavy atom. The first kappa shape index (κ1) is 22.5. The normalized spacial score (nSPS) is 18.5. The molecule has 0 atom stereocenters. The molecule has 1 saturated carbocycles. The fourth-order valence-corrected chi connectivity index (χ4v) is 5.41. The molecule has 178 valence electrons. The van der Waals surface area contributed by atoms with E-state index < -0.39 is 23.1 Å². The highest BCUT2D eigenvalue weighted by Crippen LogP contribution is 2.51.